The van der Waals surface area contributed by atoms with Crippen molar-refractivity contribution in [1.82, 2.24) is 4.57 Å². The molecular formula is C20H17BrCl2FN3O. The topological polar surface area (TPSA) is 37.9 Å². The first kappa shape index (κ1) is 20.8. The molecule has 0 radical (unpaired) electrons. The Hall–Kier alpha value is -1.89. The van der Waals surface area contributed by atoms with Crippen LogP contribution in [0.5, 0.6) is 0 Å². The maximum absolute atomic E-state index is 13.0. The first-order valence-corrected chi connectivity index (χ1v) is 9.39. The van der Waals surface area contributed by atoms with Gasteiger partial charge in [-0.05, 0) is 48.9 Å². The summed E-state index contributed by atoms with van der Waals surface area (Å²) >= 11 is 12.2. The summed E-state index contributed by atoms with van der Waals surface area (Å²) in [5.41, 5.74) is 2.54. The maximum Gasteiger partial charge on any atom is 0.266 e. The summed E-state index contributed by atoms with van der Waals surface area (Å²) in [7, 11) is 0. The monoisotopic (exact) mass is 483 g/mol. The molecule has 0 saturated carbocycles. The molecule has 0 spiro atoms. The summed E-state index contributed by atoms with van der Waals surface area (Å²) in [4.78, 5) is 12.4. The van der Waals surface area contributed by atoms with E-state index in [9.17, 15) is 9.18 Å². The van der Waals surface area contributed by atoms with Gasteiger partial charge in [0.05, 0.1) is 23.0 Å². The molecule has 8 heteroatoms. The van der Waals surface area contributed by atoms with E-state index in [1.54, 1.807) is 18.2 Å². The van der Waals surface area contributed by atoms with Crippen LogP contribution in [0.25, 0.3) is 11.3 Å². The average Bonchev–Trinajstić information content (AvgIpc) is 3.23. The zero-order chi connectivity index (χ0) is 19.0. The van der Waals surface area contributed by atoms with Gasteiger partial charge < -0.3 is 22.3 Å². The van der Waals surface area contributed by atoms with Crippen molar-refractivity contribution < 1.29 is 30.7 Å². The quantitative estimate of drug-likeness (QED) is 0.559. The van der Waals surface area contributed by atoms with Crippen molar-refractivity contribution in [3.05, 3.63) is 70.3 Å². The van der Waals surface area contributed by atoms with Crippen LogP contribution in [0.3, 0.4) is 0 Å². The van der Waals surface area contributed by atoms with Gasteiger partial charge in [0, 0.05) is 11.3 Å². The predicted octanol–water partition coefficient (Wildman–Crippen LogP) is 1.48. The lowest BCUT2D eigenvalue weighted by Gasteiger charge is -2.04. The molecule has 0 aliphatic carbocycles. The first-order chi connectivity index (χ1) is 13.0. The van der Waals surface area contributed by atoms with E-state index < -0.39 is 0 Å². The molecule has 0 fully saturated rings. The second kappa shape index (κ2) is 8.64. The van der Waals surface area contributed by atoms with Crippen molar-refractivity contribution in [1.29, 1.82) is 0 Å². The fourth-order valence-corrected chi connectivity index (χ4v) is 3.72. The first-order valence-electron chi connectivity index (χ1n) is 8.64. The number of anilines is 1. The lowest BCUT2D eigenvalue weighted by Crippen LogP contribution is -3.00. The molecule has 2 aromatic carbocycles. The molecule has 28 heavy (non-hydrogen) atoms. The fraction of sp³-hybridized carbons (Fsp3) is 0.200. The molecule has 4 rings (SSSR count). The lowest BCUT2D eigenvalue weighted by atomic mass is 10.1. The second-order valence-electron chi connectivity index (χ2n) is 6.50. The Kier molecular flexibility index (Phi) is 6.43. The molecule has 0 atom stereocenters. The number of imidazole rings is 1. The molecule has 0 unspecified atom stereocenters. The summed E-state index contributed by atoms with van der Waals surface area (Å²) in [6.07, 6.45) is 3.91. The van der Waals surface area contributed by atoms with Gasteiger partial charge in [-0.1, -0.05) is 23.2 Å². The number of halogens is 4. The van der Waals surface area contributed by atoms with E-state index in [2.05, 4.69) is 9.88 Å². The van der Waals surface area contributed by atoms with Gasteiger partial charge in [-0.15, -0.1) is 0 Å². The standard InChI is InChI=1S/C20H16Cl2FN3O.BrH/c21-16-8-3-13(10-17(16)22)18-11-25(20-2-1-9-26(18)20)12-19(27)24-15-6-4-14(23)5-7-15;/h3-8,10-11H,1-2,9,12H2;1H. The number of carbonyl (C=O) groups is 1. The highest BCUT2D eigenvalue weighted by atomic mass is 79.9. The smallest absolute Gasteiger partial charge is 0.266 e. The third kappa shape index (κ3) is 4.24. The normalized spacial score (nSPS) is 12.4. The van der Waals surface area contributed by atoms with Crippen LogP contribution < -0.4 is 26.9 Å². The van der Waals surface area contributed by atoms with Gasteiger partial charge in [-0.25, -0.2) is 13.5 Å². The molecule has 1 aliphatic heterocycles. The van der Waals surface area contributed by atoms with E-state index in [4.69, 9.17) is 23.2 Å². The third-order valence-electron chi connectivity index (χ3n) is 4.65. The Labute approximate surface area is 182 Å². The highest BCUT2D eigenvalue weighted by molar-refractivity contribution is 6.42. The van der Waals surface area contributed by atoms with Gasteiger partial charge in [0.15, 0.2) is 12.2 Å². The van der Waals surface area contributed by atoms with Crippen LogP contribution in [-0.2, 0) is 24.3 Å². The van der Waals surface area contributed by atoms with Gasteiger partial charge >= 0.3 is 0 Å². The SMILES string of the molecule is O=C(C[n+]1cc(-c2ccc(Cl)c(Cl)c2)n2c1CCC2)Nc1ccc(F)cc1.[Br-]. The van der Waals surface area contributed by atoms with Crippen molar-refractivity contribution in [2.45, 2.75) is 25.9 Å². The summed E-state index contributed by atoms with van der Waals surface area (Å²) in [5, 5.41) is 3.82. The van der Waals surface area contributed by atoms with Crippen molar-refractivity contribution in [3.63, 3.8) is 0 Å². The maximum atomic E-state index is 13.0. The zero-order valence-electron chi connectivity index (χ0n) is 14.8. The van der Waals surface area contributed by atoms with Crippen LogP contribution in [0.1, 0.15) is 12.2 Å². The number of amides is 1. The number of aromatic nitrogens is 2. The van der Waals surface area contributed by atoms with E-state index in [0.29, 0.717) is 15.7 Å². The molecule has 0 saturated heterocycles. The molecule has 1 aromatic heterocycles. The number of nitrogens with zero attached hydrogens (tertiary/aromatic N) is 2. The Morgan fingerprint density at radius 2 is 1.89 bits per heavy atom. The average molecular weight is 485 g/mol. The summed E-state index contributed by atoms with van der Waals surface area (Å²) in [6.45, 7) is 1.09. The van der Waals surface area contributed by atoms with E-state index in [-0.39, 0.29) is 35.3 Å². The van der Waals surface area contributed by atoms with E-state index >= 15 is 0 Å². The molecule has 4 nitrogen and oxygen atoms in total. The van der Waals surface area contributed by atoms with Gasteiger partial charge in [0.25, 0.3) is 11.7 Å². The minimum absolute atomic E-state index is 0. The zero-order valence-corrected chi connectivity index (χ0v) is 17.9. The van der Waals surface area contributed by atoms with E-state index in [0.717, 1.165) is 36.5 Å². The molecular weight excluding hydrogens is 468 g/mol. The van der Waals surface area contributed by atoms with Crippen molar-refractivity contribution in [2.75, 3.05) is 5.32 Å². The molecule has 1 amide bonds. The van der Waals surface area contributed by atoms with E-state index in [1.807, 2.05) is 22.9 Å². The second-order valence-corrected chi connectivity index (χ2v) is 7.31. The molecule has 1 N–H and O–H groups in total. The summed E-state index contributed by atoms with van der Waals surface area (Å²) in [6, 6.07) is 11.3. The van der Waals surface area contributed by atoms with Crippen molar-refractivity contribution >= 4 is 34.8 Å². The number of rotatable bonds is 4. The fourth-order valence-electron chi connectivity index (χ4n) is 3.42. The van der Waals surface area contributed by atoms with Crippen LogP contribution in [0.15, 0.2) is 48.7 Å². The van der Waals surface area contributed by atoms with Crippen molar-refractivity contribution in [3.8, 4) is 11.3 Å². The Balaban J connectivity index is 0.00000225. The summed E-state index contributed by atoms with van der Waals surface area (Å²) in [5.74, 6) is 0.608. The largest absolute Gasteiger partial charge is 1.00 e. The highest BCUT2D eigenvalue weighted by Gasteiger charge is 2.29. The minimum atomic E-state index is -0.334. The Bertz CT molecular complexity index is 1020. The number of benzene rings is 2. The van der Waals surface area contributed by atoms with Gasteiger partial charge in [-0.2, -0.15) is 0 Å². The molecule has 1 aliphatic rings. The summed E-state index contributed by atoms with van der Waals surface area (Å²) < 4.78 is 17.2. The minimum Gasteiger partial charge on any atom is -1.00 e. The lowest BCUT2D eigenvalue weighted by molar-refractivity contribution is -0.690. The van der Waals surface area contributed by atoms with Crippen LogP contribution in [0.4, 0.5) is 10.1 Å². The molecule has 3 aromatic rings. The van der Waals surface area contributed by atoms with Crippen LogP contribution in [-0.4, -0.2) is 10.5 Å². The molecule has 2 heterocycles. The number of nitrogens with one attached hydrogen (secondary N) is 1. The van der Waals surface area contributed by atoms with Crippen LogP contribution in [0, 0.1) is 5.82 Å². The molecule has 146 valence electrons. The highest BCUT2D eigenvalue weighted by Crippen LogP contribution is 2.30. The van der Waals surface area contributed by atoms with Gasteiger partial charge in [0.2, 0.25) is 0 Å². The number of hydrogen-bond acceptors (Lipinski definition) is 1. The third-order valence-corrected chi connectivity index (χ3v) is 5.39. The Morgan fingerprint density at radius 1 is 1.14 bits per heavy atom. The van der Waals surface area contributed by atoms with Gasteiger partial charge in [0.1, 0.15) is 12.0 Å². The van der Waals surface area contributed by atoms with Crippen LogP contribution in [0.2, 0.25) is 10.0 Å². The predicted molar refractivity (Wildman–Crippen MR) is 103 cm³/mol. The number of fused-ring (bicyclic) bond motifs is 1. The van der Waals surface area contributed by atoms with E-state index in [1.165, 1.54) is 12.1 Å². The Morgan fingerprint density at radius 3 is 2.61 bits per heavy atom. The number of carbonyl (C=O) groups excluding carboxylic acids is 1. The van der Waals surface area contributed by atoms with Crippen molar-refractivity contribution in [2.24, 2.45) is 0 Å². The van der Waals surface area contributed by atoms with Crippen LogP contribution >= 0.6 is 23.2 Å². The number of hydrogen-bond donors (Lipinski definition) is 1. The molecule has 0 bridgehead atoms. The van der Waals surface area contributed by atoms with Gasteiger partial charge in [-0.3, -0.25) is 4.79 Å².